The van der Waals surface area contributed by atoms with E-state index in [0.29, 0.717) is 17.9 Å². The normalized spacial score (nSPS) is 26.6. The van der Waals surface area contributed by atoms with E-state index in [1.54, 1.807) is 18.6 Å². The van der Waals surface area contributed by atoms with Crippen LogP contribution in [0.1, 0.15) is 40.7 Å². The Balaban J connectivity index is 1.29. The van der Waals surface area contributed by atoms with E-state index >= 15 is 0 Å². The summed E-state index contributed by atoms with van der Waals surface area (Å²) in [4.78, 5) is 23.6. The van der Waals surface area contributed by atoms with Crippen LogP contribution in [0.5, 0.6) is 0 Å². The number of hydrogen-bond acceptors (Lipinski definition) is 4. The van der Waals surface area contributed by atoms with Crippen LogP contribution in [0.25, 0.3) is 0 Å². The molecule has 0 radical (unpaired) electrons. The summed E-state index contributed by atoms with van der Waals surface area (Å²) in [5.41, 5.74) is 3.66. The van der Waals surface area contributed by atoms with Gasteiger partial charge >= 0.3 is 0 Å². The van der Waals surface area contributed by atoms with Gasteiger partial charge in [-0.25, -0.2) is 4.98 Å². The Morgan fingerprint density at radius 3 is 2.92 bits per heavy atom. The largest absolute Gasteiger partial charge is 0.366 e. The third-order valence-electron chi connectivity index (χ3n) is 6.39. The predicted octanol–water partition coefficient (Wildman–Crippen LogP) is 2.93. The van der Waals surface area contributed by atoms with Crippen LogP contribution < -0.4 is 5.32 Å². The smallest absolute Gasteiger partial charge is 0.253 e. The van der Waals surface area contributed by atoms with Gasteiger partial charge in [0.05, 0.1) is 6.20 Å². The van der Waals surface area contributed by atoms with Crippen molar-refractivity contribution in [2.75, 3.05) is 18.4 Å². The van der Waals surface area contributed by atoms with Gasteiger partial charge in [-0.05, 0) is 61.3 Å². The van der Waals surface area contributed by atoms with Crippen molar-refractivity contribution >= 4 is 11.7 Å². The fourth-order valence-corrected chi connectivity index (χ4v) is 5.06. The number of nitrogens with zero attached hydrogens (tertiary/aromatic N) is 3. The molecule has 2 heterocycles. The van der Waals surface area contributed by atoms with Crippen LogP contribution in [-0.2, 0) is 12.8 Å². The van der Waals surface area contributed by atoms with Crippen molar-refractivity contribution in [3.8, 4) is 0 Å². The standard InChI is InChI=1S/C21H24N4O/c26-21(16-5-4-14-2-1-3-15(14)10-16)25-12-17-6-7-19(18(17)13-25)24-20-11-22-8-9-23-20/h4-5,8-11,17-19H,1-3,6-7,12-13H2,(H,23,24)/t17-,18+,19-/m1/s1. The van der Waals surface area contributed by atoms with Crippen molar-refractivity contribution in [3.05, 3.63) is 53.5 Å². The average Bonchev–Trinajstić information content (AvgIpc) is 3.38. The SMILES string of the molecule is O=C(c1ccc2c(c1)CCC2)N1C[C@H]2CC[C@@H](Nc3cnccn3)[C@H]2C1. The molecule has 0 unspecified atom stereocenters. The van der Waals surface area contributed by atoms with Gasteiger partial charge in [0.1, 0.15) is 5.82 Å². The molecule has 3 atom stereocenters. The number of nitrogens with one attached hydrogen (secondary N) is 1. The van der Waals surface area contributed by atoms with Crippen LogP contribution in [0.2, 0.25) is 0 Å². The third kappa shape index (κ3) is 2.75. The Bertz CT molecular complexity index is 822. The monoisotopic (exact) mass is 348 g/mol. The highest BCUT2D eigenvalue weighted by Crippen LogP contribution is 2.40. The summed E-state index contributed by atoms with van der Waals surface area (Å²) in [5.74, 6) is 2.15. The van der Waals surface area contributed by atoms with Crippen LogP contribution in [0, 0.1) is 11.8 Å². The Morgan fingerprint density at radius 2 is 2.04 bits per heavy atom. The highest BCUT2D eigenvalue weighted by molar-refractivity contribution is 5.94. The minimum atomic E-state index is 0.201. The van der Waals surface area contributed by atoms with E-state index in [4.69, 9.17) is 0 Å². The van der Waals surface area contributed by atoms with Crippen molar-refractivity contribution in [2.45, 2.75) is 38.1 Å². The summed E-state index contributed by atoms with van der Waals surface area (Å²) >= 11 is 0. The molecule has 5 rings (SSSR count). The molecule has 134 valence electrons. The number of benzene rings is 1. The van der Waals surface area contributed by atoms with Gasteiger partial charge in [0.2, 0.25) is 0 Å². The zero-order chi connectivity index (χ0) is 17.5. The maximum atomic E-state index is 13.0. The molecule has 3 aliphatic rings. The molecule has 2 fully saturated rings. The third-order valence-corrected chi connectivity index (χ3v) is 6.39. The lowest BCUT2D eigenvalue weighted by molar-refractivity contribution is 0.0780. The second-order valence-corrected chi connectivity index (χ2v) is 7.89. The predicted molar refractivity (Wildman–Crippen MR) is 100 cm³/mol. The van der Waals surface area contributed by atoms with Gasteiger partial charge in [-0.2, -0.15) is 0 Å². The lowest BCUT2D eigenvalue weighted by atomic mass is 9.98. The van der Waals surface area contributed by atoms with Crippen LogP contribution in [0.15, 0.2) is 36.8 Å². The highest BCUT2D eigenvalue weighted by Gasteiger charge is 2.44. The van der Waals surface area contributed by atoms with E-state index in [1.165, 1.54) is 24.0 Å². The molecule has 1 aliphatic heterocycles. The first-order valence-corrected chi connectivity index (χ1v) is 9.71. The van der Waals surface area contributed by atoms with Crippen LogP contribution >= 0.6 is 0 Å². The van der Waals surface area contributed by atoms with Gasteiger partial charge in [0.15, 0.2) is 0 Å². The maximum absolute atomic E-state index is 13.0. The summed E-state index contributed by atoms with van der Waals surface area (Å²) in [6, 6.07) is 6.70. The number of hydrogen-bond donors (Lipinski definition) is 1. The zero-order valence-corrected chi connectivity index (χ0v) is 14.9. The van der Waals surface area contributed by atoms with Crippen LogP contribution in [-0.4, -0.2) is 39.9 Å². The Kier molecular flexibility index (Phi) is 3.88. The Hall–Kier alpha value is -2.43. The van der Waals surface area contributed by atoms with Crippen molar-refractivity contribution in [1.82, 2.24) is 14.9 Å². The molecule has 5 heteroatoms. The summed E-state index contributed by atoms with van der Waals surface area (Å²) in [6.07, 6.45) is 11.0. The molecule has 0 bridgehead atoms. The van der Waals surface area contributed by atoms with E-state index in [1.807, 2.05) is 6.07 Å². The minimum Gasteiger partial charge on any atom is -0.366 e. The van der Waals surface area contributed by atoms with Gasteiger partial charge in [-0.1, -0.05) is 6.07 Å². The molecule has 26 heavy (non-hydrogen) atoms. The van der Waals surface area contributed by atoms with Gasteiger partial charge < -0.3 is 10.2 Å². The van der Waals surface area contributed by atoms with E-state index < -0.39 is 0 Å². The van der Waals surface area contributed by atoms with Gasteiger partial charge in [0.25, 0.3) is 5.91 Å². The molecule has 1 aromatic carbocycles. The number of carbonyl (C=O) groups excluding carboxylic acids is 1. The molecular weight excluding hydrogens is 324 g/mol. The van der Waals surface area contributed by atoms with Crippen molar-refractivity contribution in [2.24, 2.45) is 11.8 Å². The van der Waals surface area contributed by atoms with Crippen molar-refractivity contribution < 1.29 is 4.79 Å². The number of anilines is 1. The van der Waals surface area contributed by atoms with Crippen LogP contribution in [0.3, 0.4) is 0 Å². The first kappa shape index (κ1) is 15.8. The first-order chi connectivity index (χ1) is 12.8. The molecule has 1 saturated carbocycles. The number of amides is 1. The Labute approximate surface area is 153 Å². The lowest BCUT2D eigenvalue weighted by Gasteiger charge is -2.22. The zero-order valence-electron chi connectivity index (χ0n) is 14.9. The number of aryl methyl sites for hydroxylation is 2. The lowest BCUT2D eigenvalue weighted by Crippen LogP contribution is -2.33. The topological polar surface area (TPSA) is 58.1 Å². The summed E-state index contributed by atoms with van der Waals surface area (Å²) < 4.78 is 0. The maximum Gasteiger partial charge on any atom is 0.253 e. The molecule has 1 aromatic heterocycles. The quantitative estimate of drug-likeness (QED) is 0.927. The number of rotatable bonds is 3. The van der Waals surface area contributed by atoms with E-state index in [2.05, 4.69) is 32.3 Å². The summed E-state index contributed by atoms with van der Waals surface area (Å²) in [7, 11) is 0. The number of fused-ring (bicyclic) bond motifs is 2. The highest BCUT2D eigenvalue weighted by atomic mass is 16.2. The van der Waals surface area contributed by atoms with Crippen molar-refractivity contribution in [3.63, 3.8) is 0 Å². The van der Waals surface area contributed by atoms with Crippen LogP contribution in [0.4, 0.5) is 5.82 Å². The first-order valence-electron chi connectivity index (χ1n) is 9.71. The van der Waals surface area contributed by atoms with E-state index in [0.717, 1.165) is 43.7 Å². The van der Waals surface area contributed by atoms with Gasteiger partial charge in [-0.3, -0.25) is 9.78 Å². The average molecular weight is 348 g/mol. The molecule has 5 nitrogen and oxygen atoms in total. The van der Waals surface area contributed by atoms with Gasteiger partial charge in [0, 0.05) is 43.0 Å². The summed E-state index contributed by atoms with van der Waals surface area (Å²) in [5, 5.41) is 3.53. The second-order valence-electron chi connectivity index (χ2n) is 7.89. The molecule has 2 aliphatic carbocycles. The fraction of sp³-hybridized carbons (Fsp3) is 0.476. The van der Waals surface area contributed by atoms with E-state index in [-0.39, 0.29) is 5.91 Å². The molecule has 1 N–H and O–H groups in total. The van der Waals surface area contributed by atoms with Crippen molar-refractivity contribution in [1.29, 1.82) is 0 Å². The number of likely N-dealkylation sites (tertiary alicyclic amines) is 1. The molecule has 0 spiro atoms. The summed E-state index contributed by atoms with van der Waals surface area (Å²) in [6.45, 7) is 1.73. The molecule has 1 amide bonds. The molecule has 1 saturated heterocycles. The number of aromatic nitrogens is 2. The second kappa shape index (κ2) is 6.38. The number of carbonyl (C=O) groups is 1. The van der Waals surface area contributed by atoms with E-state index in [9.17, 15) is 4.79 Å². The molecule has 2 aromatic rings. The Morgan fingerprint density at radius 1 is 1.12 bits per heavy atom. The fourth-order valence-electron chi connectivity index (χ4n) is 5.06. The van der Waals surface area contributed by atoms with Gasteiger partial charge in [-0.15, -0.1) is 0 Å². The minimum absolute atomic E-state index is 0.201. The molecular formula is C21H24N4O.